The standard InChI is InChI=1S/C19H20N6O3S/c26-18(23-10-3-1-2-4-11-23)13-29-19-21-20-17-9-8-16(22-24(17)19)14-6-5-7-15(12-14)25(27)28/h5-9,12H,1-4,10-11,13H2. The molecule has 1 amide bonds. The maximum atomic E-state index is 12.5. The van der Waals surface area contributed by atoms with Gasteiger partial charge in [-0.05, 0) is 25.0 Å². The van der Waals surface area contributed by atoms with Crippen molar-refractivity contribution in [2.45, 2.75) is 30.8 Å². The first kappa shape index (κ1) is 19.3. The molecule has 1 aromatic carbocycles. The molecule has 0 aliphatic carbocycles. The summed E-state index contributed by atoms with van der Waals surface area (Å²) in [5, 5.41) is 24.3. The van der Waals surface area contributed by atoms with E-state index in [1.165, 1.54) is 36.7 Å². The van der Waals surface area contributed by atoms with Gasteiger partial charge in [-0.1, -0.05) is 36.7 Å². The summed E-state index contributed by atoms with van der Waals surface area (Å²) in [6, 6.07) is 9.82. The molecular weight excluding hydrogens is 392 g/mol. The van der Waals surface area contributed by atoms with Crippen LogP contribution in [0.15, 0.2) is 41.6 Å². The van der Waals surface area contributed by atoms with E-state index in [1.807, 2.05) is 4.90 Å². The number of nitro benzene ring substituents is 1. The average Bonchev–Trinajstić information content (AvgIpc) is 2.95. The lowest BCUT2D eigenvalue weighted by Gasteiger charge is -2.19. The highest BCUT2D eigenvalue weighted by Gasteiger charge is 2.18. The van der Waals surface area contributed by atoms with Gasteiger partial charge in [-0.25, -0.2) is 0 Å². The molecule has 10 heteroatoms. The number of rotatable bonds is 5. The summed E-state index contributed by atoms with van der Waals surface area (Å²) in [7, 11) is 0. The molecule has 0 unspecified atom stereocenters. The number of nitro groups is 1. The number of carbonyl (C=O) groups is 1. The topological polar surface area (TPSA) is 107 Å². The van der Waals surface area contributed by atoms with Crippen LogP contribution in [0.5, 0.6) is 0 Å². The molecule has 0 spiro atoms. The second-order valence-corrected chi connectivity index (χ2v) is 7.80. The third-order valence-corrected chi connectivity index (χ3v) is 5.77. The molecule has 4 rings (SSSR count). The number of non-ortho nitro benzene ring substituents is 1. The Hall–Kier alpha value is -3.01. The molecule has 0 saturated carbocycles. The number of thioether (sulfide) groups is 1. The Morgan fingerprint density at radius 1 is 1.10 bits per heavy atom. The van der Waals surface area contributed by atoms with Gasteiger partial charge in [-0.3, -0.25) is 14.9 Å². The lowest BCUT2D eigenvalue weighted by Crippen LogP contribution is -2.33. The molecular formula is C19H20N6O3S. The molecule has 1 aliphatic heterocycles. The zero-order chi connectivity index (χ0) is 20.2. The summed E-state index contributed by atoms with van der Waals surface area (Å²) < 4.78 is 1.58. The minimum atomic E-state index is -0.434. The molecule has 29 heavy (non-hydrogen) atoms. The number of nitrogens with zero attached hydrogens (tertiary/aromatic N) is 6. The number of hydrogen-bond acceptors (Lipinski definition) is 7. The Morgan fingerprint density at radius 2 is 1.90 bits per heavy atom. The first-order chi connectivity index (χ1) is 14.1. The normalized spacial score (nSPS) is 14.7. The van der Waals surface area contributed by atoms with E-state index in [0.29, 0.717) is 22.1 Å². The molecule has 1 fully saturated rings. The Labute approximate surface area is 171 Å². The SMILES string of the molecule is O=C(CSc1nnc2ccc(-c3cccc([N+](=O)[O-])c3)nn12)N1CCCCCC1. The van der Waals surface area contributed by atoms with Crippen LogP contribution in [0.3, 0.4) is 0 Å². The van der Waals surface area contributed by atoms with Gasteiger partial charge >= 0.3 is 0 Å². The summed E-state index contributed by atoms with van der Waals surface area (Å²) in [5.74, 6) is 0.382. The molecule has 1 aliphatic rings. The summed E-state index contributed by atoms with van der Waals surface area (Å²) >= 11 is 1.30. The Balaban J connectivity index is 1.53. The van der Waals surface area contributed by atoms with Gasteiger partial charge in [0, 0.05) is 30.8 Å². The molecule has 3 heterocycles. The maximum Gasteiger partial charge on any atom is 0.270 e. The van der Waals surface area contributed by atoms with Gasteiger partial charge in [0.2, 0.25) is 11.1 Å². The summed E-state index contributed by atoms with van der Waals surface area (Å²) in [6.07, 6.45) is 4.46. The largest absolute Gasteiger partial charge is 0.342 e. The number of hydrogen-bond donors (Lipinski definition) is 0. The van der Waals surface area contributed by atoms with Crippen LogP contribution in [0, 0.1) is 10.1 Å². The van der Waals surface area contributed by atoms with E-state index in [2.05, 4.69) is 15.3 Å². The van der Waals surface area contributed by atoms with E-state index in [0.717, 1.165) is 25.9 Å². The van der Waals surface area contributed by atoms with Gasteiger partial charge in [-0.2, -0.15) is 9.61 Å². The molecule has 0 N–H and O–H groups in total. The van der Waals surface area contributed by atoms with Gasteiger partial charge < -0.3 is 4.90 Å². The van der Waals surface area contributed by atoms with Crippen LogP contribution in [0.4, 0.5) is 5.69 Å². The van der Waals surface area contributed by atoms with E-state index in [4.69, 9.17) is 0 Å². The molecule has 0 bridgehead atoms. The van der Waals surface area contributed by atoms with Crippen LogP contribution in [-0.2, 0) is 4.79 Å². The summed E-state index contributed by atoms with van der Waals surface area (Å²) in [6.45, 7) is 1.63. The minimum absolute atomic E-state index is 0.00537. The van der Waals surface area contributed by atoms with Crippen molar-refractivity contribution in [3.05, 3.63) is 46.5 Å². The van der Waals surface area contributed by atoms with Crippen molar-refractivity contribution in [2.24, 2.45) is 0 Å². The monoisotopic (exact) mass is 412 g/mol. The Bertz CT molecular complexity index is 1050. The molecule has 0 radical (unpaired) electrons. The van der Waals surface area contributed by atoms with Gasteiger partial charge in [0.1, 0.15) is 0 Å². The predicted molar refractivity (Wildman–Crippen MR) is 109 cm³/mol. The number of benzene rings is 1. The van der Waals surface area contributed by atoms with Crippen LogP contribution < -0.4 is 0 Å². The lowest BCUT2D eigenvalue weighted by atomic mass is 10.1. The van der Waals surface area contributed by atoms with Crippen molar-refractivity contribution in [3.63, 3.8) is 0 Å². The zero-order valence-electron chi connectivity index (χ0n) is 15.7. The first-order valence-electron chi connectivity index (χ1n) is 9.50. The number of amides is 1. The molecule has 1 saturated heterocycles. The highest BCUT2D eigenvalue weighted by Crippen LogP contribution is 2.24. The molecule has 150 valence electrons. The van der Waals surface area contributed by atoms with Crippen LogP contribution in [0.2, 0.25) is 0 Å². The molecule has 9 nitrogen and oxygen atoms in total. The van der Waals surface area contributed by atoms with E-state index in [-0.39, 0.29) is 17.3 Å². The average molecular weight is 412 g/mol. The fourth-order valence-corrected chi connectivity index (χ4v) is 4.12. The highest BCUT2D eigenvalue weighted by atomic mass is 32.2. The van der Waals surface area contributed by atoms with Crippen molar-refractivity contribution in [1.29, 1.82) is 0 Å². The van der Waals surface area contributed by atoms with E-state index in [1.54, 1.807) is 28.8 Å². The van der Waals surface area contributed by atoms with Crippen molar-refractivity contribution in [1.82, 2.24) is 24.7 Å². The fraction of sp³-hybridized carbons (Fsp3) is 0.368. The Morgan fingerprint density at radius 3 is 2.66 bits per heavy atom. The summed E-state index contributed by atoms with van der Waals surface area (Å²) in [5.41, 5.74) is 1.77. The fourth-order valence-electron chi connectivity index (χ4n) is 3.33. The van der Waals surface area contributed by atoms with Crippen LogP contribution in [0.1, 0.15) is 25.7 Å². The number of aromatic nitrogens is 4. The molecule has 2 aromatic heterocycles. The quantitative estimate of drug-likeness (QED) is 0.360. The van der Waals surface area contributed by atoms with E-state index in [9.17, 15) is 14.9 Å². The second kappa shape index (κ2) is 8.56. The Kier molecular flexibility index (Phi) is 5.70. The van der Waals surface area contributed by atoms with Gasteiger partial charge in [-0.15, -0.1) is 10.2 Å². The van der Waals surface area contributed by atoms with Crippen LogP contribution in [0.25, 0.3) is 16.9 Å². The van der Waals surface area contributed by atoms with Gasteiger partial charge in [0.25, 0.3) is 5.69 Å². The lowest BCUT2D eigenvalue weighted by molar-refractivity contribution is -0.384. The number of likely N-dealkylation sites (tertiary alicyclic amines) is 1. The minimum Gasteiger partial charge on any atom is -0.342 e. The van der Waals surface area contributed by atoms with E-state index >= 15 is 0 Å². The van der Waals surface area contributed by atoms with Crippen molar-refractivity contribution in [2.75, 3.05) is 18.8 Å². The smallest absolute Gasteiger partial charge is 0.270 e. The van der Waals surface area contributed by atoms with Gasteiger partial charge in [0.15, 0.2) is 5.65 Å². The zero-order valence-corrected chi connectivity index (χ0v) is 16.5. The van der Waals surface area contributed by atoms with Gasteiger partial charge in [0.05, 0.1) is 16.4 Å². The first-order valence-corrected chi connectivity index (χ1v) is 10.5. The summed E-state index contributed by atoms with van der Waals surface area (Å²) in [4.78, 5) is 25.1. The number of fused-ring (bicyclic) bond motifs is 1. The van der Waals surface area contributed by atoms with Crippen molar-refractivity contribution < 1.29 is 9.72 Å². The van der Waals surface area contributed by atoms with Crippen LogP contribution in [-0.4, -0.2) is 54.4 Å². The van der Waals surface area contributed by atoms with Crippen LogP contribution >= 0.6 is 11.8 Å². The van der Waals surface area contributed by atoms with E-state index < -0.39 is 4.92 Å². The van der Waals surface area contributed by atoms with Crippen molar-refractivity contribution >= 4 is 29.0 Å². The second-order valence-electron chi connectivity index (χ2n) is 6.86. The third kappa shape index (κ3) is 4.37. The maximum absolute atomic E-state index is 12.5. The highest BCUT2D eigenvalue weighted by molar-refractivity contribution is 7.99. The predicted octanol–water partition coefficient (Wildman–Crippen LogP) is 3.19. The van der Waals surface area contributed by atoms with Crippen molar-refractivity contribution in [3.8, 4) is 11.3 Å². The third-order valence-electron chi connectivity index (χ3n) is 4.87. The molecule has 0 atom stereocenters. The number of carbonyl (C=O) groups excluding carboxylic acids is 1. The molecule has 3 aromatic rings.